The molecule has 0 aliphatic carbocycles. The zero-order valence-corrected chi connectivity index (χ0v) is 8.12. The highest BCUT2D eigenvalue weighted by Gasteiger charge is 1.88. The normalized spacial score (nSPS) is 8.64. The fourth-order valence-electron chi connectivity index (χ4n) is 0.820. The van der Waals surface area contributed by atoms with E-state index in [0.29, 0.717) is 5.69 Å². The molecule has 5 nitrogen and oxygen atoms in total. The maximum Gasteiger partial charge on any atom is 0.162 e. The maximum atomic E-state index is 8.23. The average molecular weight is 189 g/mol. The van der Waals surface area contributed by atoms with Crippen LogP contribution >= 0.6 is 0 Å². The van der Waals surface area contributed by atoms with Gasteiger partial charge in [0.05, 0.1) is 0 Å². The Balaban J connectivity index is 0.000000146. The van der Waals surface area contributed by atoms with Crippen molar-refractivity contribution in [2.45, 2.75) is 0 Å². The summed E-state index contributed by atoms with van der Waals surface area (Å²) in [6.07, 6.45) is 5.37. The number of rotatable bonds is 0. The fraction of sp³-hybridized carbons (Fsp3) is 0.222. The summed E-state index contributed by atoms with van der Waals surface area (Å²) >= 11 is 0. The minimum Gasteiger partial charge on any atom is -0.276 e. The van der Waals surface area contributed by atoms with Crippen molar-refractivity contribution < 1.29 is 0 Å². The highest BCUT2D eigenvalue weighted by molar-refractivity contribution is 5.16. The first kappa shape index (κ1) is 9.99. The van der Waals surface area contributed by atoms with Crippen LogP contribution in [0.2, 0.25) is 0 Å². The van der Waals surface area contributed by atoms with Gasteiger partial charge in [0.25, 0.3) is 0 Å². The van der Waals surface area contributed by atoms with Gasteiger partial charge in [0.2, 0.25) is 0 Å². The van der Waals surface area contributed by atoms with E-state index in [2.05, 4.69) is 10.2 Å². The van der Waals surface area contributed by atoms with Crippen molar-refractivity contribution in [2.24, 2.45) is 14.1 Å². The number of nitrogens with zero attached hydrogens (tertiary/aromatic N) is 5. The zero-order valence-electron chi connectivity index (χ0n) is 8.12. The van der Waals surface area contributed by atoms with Crippen molar-refractivity contribution in [3.05, 3.63) is 36.4 Å². The first-order valence-electron chi connectivity index (χ1n) is 4.05. The molecule has 0 atom stereocenters. The highest BCUT2D eigenvalue weighted by atomic mass is 15.2. The van der Waals surface area contributed by atoms with Crippen LogP contribution in [0.3, 0.4) is 0 Å². The second-order valence-corrected chi connectivity index (χ2v) is 2.67. The summed E-state index contributed by atoms with van der Waals surface area (Å²) in [6, 6.07) is 5.47. The minimum absolute atomic E-state index is 0.465. The Labute approximate surface area is 82.2 Å². The molecule has 0 aliphatic rings. The molecule has 0 fully saturated rings. The molecule has 0 spiro atoms. The van der Waals surface area contributed by atoms with Crippen LogP contribution in [0.25, 0.3) is 0 Å². The molecule has 0 amide bonds. The van der Waals surface area contributed by atoms with E-state index in [1.54, 1.807) is 34.9 Å². The topological polar surface area (TPSA) is 59.4 Å². The molecule has 0 aromatic carbocycles. The molecule has 0 N–H and O–H groups in total. The van der Waals surface area contributed by atoms with E-state index in [4.69, 9.17) is 5.26 Å². The Bertz CT molecular complexity index is 407. The lowest BCUT2D eigenvalue weighted by Crippen LogP contribution is -1.86. The van der Waals surface area contributed by atoms with Crippen LogP contribution in [0.15, 0.2) is 30.7 Å². The van der Waals surface area contributed by atoms with Crippen LogP contribution in [0.5, 0.6) is 0 Å². The third kappa shape index (κ3) is 3.11. The Morgan fingerprint density at radius 1 is 1.29 bits per heavy atom. The van der Waals surface area contributed by atoms with Crippen LogP contribution in [0.4, 0.5) is 0 Å². The van der Waals surface area contributed by atoms with Crippen LogP contribution in [-0.4, -0.2) is 19.6 Å². The lowest BCUT2D eigenvalue weighted by Gasteiger charge is -1.78. The Hall–Kier alpha value is -2.09. The smallest absolute Gasteiger partial charge is 0.162 e. The van der Waals surface area contributed by atoms with Gasteiger partial charge in [0, 0.05) is 32.7 Å². The first-order valence-corrected chi connectivity index (χ1v) is 4.05. The van der Waals surface area contributed by atoms with Crippen LogP contribution < -0.4 is 0 Å². The lowest BCUT2D eigenvalue weighted by atomic mass is 10.5. The van der Waals surface area contributed by atoms with E-state index in [1.165, 1.54) is 0 Å². The zero-order chi connectivity index (χ0) is 10.4. The van der Waals surface area contributed by atoms with Gasteiger partial charge < -0.3 is 0 Å². The Morgan fingerprint density at radius 3 is 2.29 bits per heavy atom. The Kier molecular flexibility index (Phi) is 3.44. The molecule has 0 saturated heterocycles. The molecule has 0 bridgehead atoms. The number of aryl methyl sites for hydroxylation is 2. The number of aromatic nitrogens is 4. The van der Waals surface area contributed by atoms with Crippen LogP contribution in [0, 0.1) is 11.3 Å². The summed E-state index contributed by atoms with van der Waals surface area (Å²) in [5.41, 5.74) is 0.465. The van der Waals surface area contributed by atoms with Gasteiger partial charge in [-0.1, -0.05) is 0 Å². The van der Waals surface area contributed by atoms with Crippen molar-refractivity contribution in [1.29, 1.82) is 5.26 Å². The van der Waals surface area contributed by atoms with Gasteiger partial charge in [-0.2, -0.15) is 15.5 Å². The second-order valence-electron chi connectivity index (χ2n) is 2.67. The van der Waals surface area contributed by atoms with E-state index in [-0.39, 0.29) is 0 Å². The van der Waals surface area contributed by atoms with Gasteiger partial charge in [0.1, 0.15) is 6.07 Å². The summed E-state index contributed by atoms with van der Waals surface area (Å²) in [7, 11) is 3.67. The van der Waals surface area contributed by atoms with Gasteiger partial charge in [-0.15, -0.1) is 0 Å². The largest absolute Gasteiger partial charge is 0.276 e. The molecular weight excluding hydrogens is 178 g/mol. The molecule has 14 heavy (non-hydrogen) atoms. The number of hydrogen-bond donors (Lipinski definition) is 0. The van der Waals surface area contributed by atoms with E-state index >= 15 is 0 Å². The summed E-state index contributed by atoms with van der Waals surface area (Å²) in [5, 5.41) is 15.8. The van der Waals surface area contributed by atoms with Gasteiger partial charge in [-0.05, 0) is 12.1 Å². The average Bonchev–Trinajstić information content (AvgIpc) is 2.77. The molecule has 0 saturated carbocycles. The summed E-state index contributed by atoms with van der Waals surface area (Å²) in [5.74, 6) is 0. The van der Waals surface area contributed by atoms with Crippen molar-refractivity contribution in [2.75, 3.05) is 0 Å². The summed E-state index contributed by atoms with van der Waals surface area (Å²) < 4.78 is 3.35. The van der Waals surface area contributed by atoms with Gasteiger partial charge in [-0.3, -0.25) is 9.36 Å². The van der Waals surface area contributed by atoms with Crippen LogP contribution in [-0.2, 0) is 14.1 Å². The Morgan fingerprint density at radius 2 is 2.07 bits per heavy atom. The molecule has 2 aromatic rings. The van der Waals surface area contributed by atoms with Crippen LogP contribution in [0.1, 0.15) is 5.69 Å². The molecule has 0 aliphatic heterocycles. The van der Waals surface area contributed by atoms with Crippen molar-refractivity contribution in [1.82, 2.24) is 19.6 Å². The molecule has 2 rings (SSSR count). The molecule has 2 aromatic heterocycles. The molecular formula is C9H11N5. The third-order valence-electron chi connectivity index (χ3n) is 1.46. The molecule has 0 unspecified atom stereocenters. The minimum atomic E-state index is 0.465. The SMILES string of the molecule is Cn1ccc(C#N)n1.Cn1cccn1. The van der Waals surface area contributed by atoms with E-state index in [9.17, 15) is 0 Å². The number of nitriles is 1. The maximum absolute atomic E-state index is 8.23. The third-order valence-corrected chi connectivity index (χ3v) is 1.46. The van der Waals surface area contributed by atoms with E-state index < -0.39 is 0 Å². The molecule has 2 heterocycles. The van der Waals surface area contributed by atoms with Gasteiger partial charge >= 0.3 is 0 Å². The highest BCUT2D eigenvalue weighted by Crippen LogP contribution is 1.87. The quantitative estimate of drug-likeness (QED) is 0.613. The summed E-state index contributed by atoms with van der Waals surface area (Å²) in [6.45, 7) is 0. The standard InChI is InChI=1S/C5H5N3.C4H6N2/c1-8-3-2-5(4-6)7-8;1-6-4-2-3-5-6/h2-3H,1H3;2-4H,1H3. The van der Waals surface area contributed by atoms with Crippen molar-refractivity contribution in [3.8, 4) is 6.07 Å². The fourth-order valence-corrected chi connectivity index (χ4v) is 0.820. The monoisotopic (exact) mass is 189 g/mol. The molecule has 72 valence electrons. The summed E-state index contributed by atoms with van der Waals surface area (Å²) in [4.78, 5) is 0. The second kappa shape index (κ2) is 4.82. The first-order chi connectivity index (χ1) is 6.72. The molecule has 0 radical (unpaired) electrons. The predicted molar refractivity (Wildman–Crippen MR) is 51.1 cm³/mol. The van der Waals surface area contributed by atoms with E-state index in [1.807, 2.05) is 25.4 Å². The van der Waals surface area contributed by atoms with Gasteiger partial charge in [0.15, 0.2) is 5.69 Å². The number of hydrogen-bond acceptors (Lipinski definition) is 3. The molecule has 5 heteroatoms. The van der Waals surface area contributed by atoms with E-state index in [0.717, 1.165) is 0 Å². The lowest BCUT2D eigenvalue weighted by molar-refractivity contribution is 0.763. The van der Waals surface area contributed by atoms with Gasteiger partial charge in [-0.25, -0.2) is 0 Å². The van der Waals surface area contributed by atoms with Crippen molar-refractivity contribution >= 4 is 0 Å². The van der Waals surface area contributed by atoms with Crippen molar-refractivity contribution in [3.63, 3.8) is 0 Å². The predicted octanol–water partition coefficient (Wildman–Crippen LogP) is 0.712.